The maximum atomic E-state index is 13.3. The molecular formula is C25H32N2O6S. The van der Waals surface area contributed by atoms with Crippen molar-refractivity contribution in [3.63, 3.8) is 0 Å². The highest BCUT2D eigenvalue weighted by Crippen LogP contribution is 2.26. The fraction of sp³-hybridized carbons (Fsp3) is 0.440. The molecule has 1 aliphatic rings. The number of ether oxygens (including phenoxy) is 2. The quantitative estimate of drug-likeness (QED) is 0.544. The van der Waals surface area contributed by atoms with Crippen molar-refractivity contribution < 1.29 is 27.5 Å². The number of sulfonamides is 1. The Morgan fingerprint density at radius 2 is 1.71 bits per heavy atom. The van der Waals surface area contributed by atoms with Gasteiger partial charge in [-0.05, 0) is 43.5 Å². The van der Waals surface area contributed by atoms with Gasteiger partial charge in [0.2, 0.25) is 10.0 Å². The minimum absolute atomic E-state index is 0.0242. The molecule has 1 fully saturated rings. The molecule has 1 N–H and O–H groups in total. The fourth-order valence-corrected chi connectivity index (χ4v) is 5.52. The molecule has 0 bridgehead atoms. The van der Waals surface area contributed by atoms with E-state index in [9.17, 15) is 18.0 Å². The third kappa shape index (κ3) is 6.36. The number of nitrogens with one attached hydrogen (secondary N) is 1. The number of carbonyl (C=O) groups excluding carboxylic acids is 2. The maximum Gasteiger partial charge on any atom is 0.328 e. The van der Waals surface area contributed by atoms with E-state index in [-0.39, 0.29) is 29.2 Å². The lowest BCUT2D eigenvalue weighted by atomic mass is 10.1. The summed E-state index contributed by atoms with van der Waals surface area (Å²) in [6, 6.07) is 12.6. The summed E-state index contributed by atoms with van der Waals surface area (Å²) in [5.74, 6) is -0.958. The number of hydrogen-bond acceptors (Lipinski definition) is 6. The lowest BCUT2D eigenvalue weighted by Gasteiger charge is -2.21. The van der Waals surface area contributed by atoms with E-state index in [1.807, 2.05) is 30.3 Å². The smallest absolute Gasteiger partial charge is 0.328 e. The first-order valence-electron chi connectivity index (χ1n) is 11.6. The summed E-state index contributed by atoms with van der Waals surface area (Å²) >= 11 is 0. The number of amides is 1. The SMILES string of the molecule is CCOC(=O)C(Cc1ccccc1)NC(=O)c1cc(S(=O)(=O)N2CCCCCC2)ccc1OC. The zero-order valence-corrected chi connectivity index (χ0v) is 20.5. The summed E-state index contributed by atoms with van der Waals surface area (Å²) < 4.78 is 38.4. The van der Waals surface area contributed by atoms with Crippen LogP contribution in [0.4, 0.5) is 0 Å². The van der Waals surface area contributed by atoms with Crippen molar-refractivity contribution in [3.05, 3.63) is 59.7 Å². The molecule has 8 nitrogen and oxygen atoms in total. The van der Waals surface area contributed by atoms with E-state index in [0.717, 1.165) is 31.2 Å². The van der Waals surface area contributed by atoms with Gasteiger partial charge in [-0.25, -0.2) is 13.2 Å². The van der Waals surface area contributed by atoms with Crippen molar-refractivity contribution in [1.29, 1.82) is 0 Å². The number of carbonyl (C=O) groups is 2. The van der Waals surface area contributed by atoms with Gasteiger partial charge >= 0.3 is 5.97 Å². The summed E-state index contributed by atoms with van der Waals surface area (Å²) in [6.45, 7) is 2.78. The van der Waals surface area contributed by atoms with Crippen molar-refractivity contribution in [2.75, 3.05) is 26.8 Å². The third-order valence-electron chi connectivity index (χ3n) is 5.78. The lowest BCUT2D eigenvalue weighted by molar-refractivity contribution is -0.145. The molecule has 0 aliphatic carbocycles. The van der Waals surface area contributed by atoms with Crippen LogP contribution in [0.2, 0.25) is 0 Å². The molecule has 0 spiro atoms. The first-order valence-corrected chi connectivity index (χ1v) is 13.0. The zero-order chi connectivity index (χ0) is 24.6. The van der Waals surface area contributed by atoms with Gasteiger partial charge in [0, 0.05) is 19.5 Å². The molecule has 0 aromatic heterocycles. The Hall–Kier alpha value is -2.91. The fourth-order valence-electron chi connectivity index (χ4n) is 3.98. The number of esters is 1. The predicted octanol–water partition coefficient (Wildman–Crippen LogP) is 3.16. The van der Waals surface area contributed by atoms with Gasteiger partial charge in [-0.15, -0.1) is 0 Å². The third-order valence-corrected chi connectivity index (χ3v) is 7.67. The molecule has 1 heterocycles. The van der Waals surface area contributed by atoms with Crippen molar-refractivity contribution in [1.82, 2.24) is 9.62 Å². The number of methoxy groups -OCH3 is 1. The van der Waals surface area contributed by atoms with Gasteiger partial charge in [-0.2, -0.15) is 4.31 Å². The Balaban J connectivity index is 1.88. The van der Waals surface area contributed by atoms with Gasteiger partial charge in [0.05, 0.1) is 24.2 Å². The minimum atomic E-state index is -3.76. The molecule has 9 heteroatoms. The van der Waals surface area contributed by atoms with Crippen LogP contribution in [0.1, 0.15) is 48.5 Å². The van der Waals surface area contributed by atoms with Crippen LogP contribution in [0.25, 0.3) is 0 Å². The van der Waals surface area contributed by atoms with Crippen molar-refractivity contribution in [3.8, 4) is 5.75 Å². The van der Waals surface area contributed by atoms with Gasteiger partial charge < -0.3 is 14.8 Å². The molecule has 184 valence electrons. The Morgan fingerprint density at radius 1 is 1.03 bits per heavy atom. The average Bonchev–Trinajstić information content (AvgIpc) is 3.14. The molecule has 2 aromatic carbocycles. The topological polar surface area (TPSA) is 102 Å². The van der Waals surface area contributed by atoms with Crippen LogP contribution in [0, 0.1) is 0 Å². The maximum absolute atomic E-state index is 13.3. The molecular weight excluding hydrogens is 456 g/mol. The Morgan fingerprint density at radius 3 is 2.32 bits per heavy atom. The molecule has 1 amide bonds. The number of nitrogens with zero attached hydrogens (tertiary/aromatic N) is 1. The van der Waals surface area contributed by atoms with E-state index in [1.165, 1.54) is 29.6 Å². The Labute approximate surface area is 201 Å². The molecule has 2 aromatic rings. The van der Waals surface area contributed by atoms with Crippen LogP contribution >= 0.6 is 0 Å². The standard InChI is InChI=1S/C25H32N2O6S/c1-3-33-25(29)22(17-19-11-7-6-8-12-19)26-24(28)21-18-20(13-14-23(21)32-2)34(30,31)27-15-9-4-5-10-16-27/h6-8,11-14,18,22H,3-5,9-10,15-17H2,1-2H3,(H,26,28). The second-order valence-electron chi connectivity index (χ2n) is 8.15. The van der Waals surface area contributed by atoms with Gasteiger partial charge in [0.25, 0.3) is 5.91 Å². The van der Waals surface area contributed by atoms with Crippen LogP contribution in [-0.4, -0.2) is 57.4 Å². The van der Waals surface area contributed by atoms with E-state index in [4.69, 9.17) is 9.47 Å². The van der Waals surface area contributed by atoms with Crippen LogP contribution < -0.4 is 10.1 Å². The summed E-state index contributed by atoms with van der Waals surface area (Å²) in [5.41, 5.74) is 0.895. The molecule has 0 saturated carbocycles. The van der Waals surface area contributed by atoms with Crippen LogP contribution in [0.5, 0.6) is 5.75 Å². The van der Waals surface area contributed by atoms with E-state index in [2.05, 4.69) is 5.32 Å². The summed E-state index contributed by atoms with van der Waals surface area (Å²) in [6.07, 6.45) is 3.85. The molecule has 1 unspecified atom stereocenters. The summed E-state index contributed by atoms with van der Waals surface area (Å²) in [4.78, 5) is 25.8. The molecule has 34 heavy (non-hydrogen) atoms. The van der Waals surface area contributed by atoms with Crippen LogP contribution in [-0.2, 0) is 26.0 Å². The summed E-state index contributed by atoms with van der Waals surface area (Å²) in [5, 5.41) is 2.71. The highest BCUT2D eigenvalue weighted by atomic mass is 32.2. The van der Waals surface area contributed by atoms with Gasteiger partial charge in [0.15, 0.2) is 0 Å². The zero-order valence-electron chi connectivity index (χ0n) is 19.7. The molecule has 1 aliphatic heterocycles. The highest BCUT2D eigenvalue weighted by Gasteiger charge is 2.29. The van der Waals surface area contributed by atoms with E-state index in [0.29, 0.717) is 13.1 Å². The minimum Gasteiger partial charge on any atom is -0.496 e. The Bertz CT molecular complexity index is 1080. The van der Waals surface area contributed by atoms with E-state index < -0.39 is 27.9 Å². The highest BCUT2D eigenvalue weighted by molar-refractivity contribution is 7.89. The monoisotopic (exact) mass is 488 g/mol. The van der Waals surface area contributed by atoms with Crippen LogP contribution in [0.3, 0.4) is 0 Å². The lowest BCUT2D eigenvalue weighted by Crippen LogP contribution is -2.43. The number of benzene rings is 2. The molecule has 0 radical (unpaired) electrons. The average molecular weight is 489 g/mol. The number of hydrogen-bond donors (Lipinski definition) is 1. The van der Waals surface area contributed by atoms with E-state index >= 15 is 0 Å². The van der Waals surface area contributed by atoms with Crippen LogP contribution in [0.15, 0.2) is 53.4 Å². The van der Waals surface area contributed by atoms with Gasteiger partial charge in [0.1, 0.15) is 11.8 Å². The largest absolute Gasteiger partial charge is 0.496 e. The normalized spacial score (nSPS) is 15.7. The van der Waals surface area contributed by atoms with Gasteiger partial charge in [-0.3, -0.25) is 4.79 Å². The van der Waals surface area contributed by atoms with E-state index in [1.54, 1.807) is 6.92 Å². The van der Waals surface area contributed by atoms with Crippen molar-refractivity contribution in [2.45, 2.75) is 50.0 Å². The molecule has 1 atom stereocenters. The number of rotatable bonds is 9. The Kier molecular flexibility index (Phi) is 9.06. The first-order chi connectivity index (χ1) is 16.4. The predicted molar refractivity (Wildman–Crippen MR) is 128 cm³/mol. The molecule has 1 saturated heterocycles. The summed E-state index contributed by atoms with van der Waals surface area (Å²) in [7, 11) is -2.36. The van der Waals surface area contributed by atoms with Gasteiger partial charge in [-0.1, -0.05) is 43.2 Å². The molecule has 3 rings (SSSR count). The first kappa shape index (κ1) is 25.7. The second-order valence-corrected chi connectivity index (χ2v) is 10.1. The van der Waals surface area contributed by atoms with Crippen molar-refractivity contribution in [2.24, 2.45) is 0 Å². The second kappa shape index (κ2) is 12.0. The van der Waals surface area contributed by atoms with Crippen molar-refractivity contribution >= 4 is 21.9 Å².